The second-order valence-electron chi connectivity index (χ2n) is 3.64. The van der Waals surface area contributed by atoms with Gasteiger partial charge >= 0.3 is 6.03 Å². The summed E-state index contributed by atoms with van der Waals surface area (Å²) in [6, 6.07) is 0.0612. The molecule has 0 aliphatic heterocycles. The zero-order chi connectivity index (χ0) is 9.14. The molecule has 1 aliphatic rings. The van der Waals surface area contributed by atoms with Crippen LogP contribution >= 0.6 is 0 Å². The molecule has 1 rings (SSSR count). The van der Waals surface area contributed by atoms with Gasteiger partial charge in [0.1, 0.15) is 0 Å². The Morgan fingerprint density at radius 3 is 2.58 bits per heavy atom. The molecule has 0 heterocycles. The Kier molecular flexibility index (Phi) is 2.92. The molecule has 70 valence electrons. The number of rotatable bonds is 3. The Bertz CT molecular complexity index is 166. The van der Waals surface area contributed by atoms with E-state index in [0.29, 0.717) is 5.92 Å². The van der Waals surface area contributed by atoms with Gasteiger partial charge in [-0.05, 0) is 32.6 Å². The lowest BCUT2D eigenvalue weighted by Crippen LogP contribution is -2.47. The second kappa shape index (κ2) is 3.76. The van der Waals surface area contributed by atoms with Gasteiger partial charge in [-0.1, -0.05) is 0 Å². The number of hydrazine groups is 1. The van der Waals surface area contributed by atoms with Crippen molar-refractivity contribution in [2.45, 2.75) is 32.7 Å². The van der Waals surface area contributed by atoms with Gasteiger partial charge in [0.2, 0.25) is 0 Å². The molecule has 1 aliphatic carbocycles. The van der Waals surface area contributed by atoms with Crippen LogP contribution in [-0.4, -0.2) is 23.5 Å². The van der Waals surface area contributed by atoms with Crippen molar-refractivity contribution in [1.29, 1.82) is 0 Å². The summed E-state index contributed by atoms with van der Waals surface area (Å²) in [6.07, 6.45) is 2.50. The number of carbonyl (C=O) groups excluding carboxylic acids is 1. The topological polar surface area (TPSA) is 58.4 Å². The zero-order valence-electron chi connectivity index (χ0n) is 7.71. The molecule has 0 radical (unpaired) electrons. The van der Waals surface area contributed by atoms with Gasteiger partial charge in [-0.3, -0.25) is 5.43 Å². The number of carbonyl (C=O) groups is 1. The molecule has 1 saturated carbocycles. The molecular formula is C8H17N3O. The molecule has 0 spiro atoms. The Balaban J connectivity index is 2.41. The first-order chi connectivity index (χ1) is 5.65. The molecular weight excluding hydrogens is 154 g/mol. The van der Waals surface area contributed by atoms with Crippen LogP contribution in [0.25, 0.3) is 0 Å². The first-order valence-electron chi connectivity index (χ1n) is 4.42. The van der Waals surface area contributed by atoms with Crippen molar-refractivity contribution in [1.82, 2.24) is 10.3 Å². The van der Waals surface area contributed by atoms with Crippen LogP contribution in [0.15, 0.2) is 0 Å². The standard InChI is InChI=1S/C8H17N3O/c1-6(2)11(8(12)10-9)5-7-3-4-7/h6-7H,3-5,9H2,1-2H3,(H,10,12). The van der Waals surface area contributed by atoms with E-state index >= 15 is 0 Å². The van der Waals surface area contributed by atoms with Crippen molar-refractivity contribution in [3.63, 3.8) is 0 Å². The van der Waals surface area contributed by atoms with Gasteiger partial charge in [-0.25, -0.2) is 10.6 Å². The molecule has 2 amide bonds. The Morgan fingerprint density at radius 1 is 1.67 bits per heavy atom. The molecule has 1 fully saturated rings. The Hall–Kier alpha value is -0.770. The molecule has 0 atom stereocenters. The minimum Gasteiger partial charge on any atom is -0.321 e. The highest BCUT2D eigenvalue weighted by Gasteiger charge is 2.27. The van der Waals surface area contributed by atoms with E-state index in [1.165, 1.54) is 12.8 Å². The van der Waals surface area contributed by atoms with Gasteiger partial charge < -0.3 is 4.90 Å². The summed E-state index contributed by atoms with van der Waals surface area (Å²) in [6.45, 7) is 4.84. The SMILES string of the molecule is CC(C)N(CC1CC1)C(=O)NN. The van der Waals surface area contributed by atoms with Gasteiger partial charge in [-0.15, -0.1) is 0 Å². The summed E-state index contributed by atoms with van der Waals surface area (Å²) < 4.78 is 0. The molecule has 0 aromatic heterocycles. The minimum absolute atomic E-state index is 0.170. The Labute approximate surface area is 73.1 Å². The molecule has 0 unspecified atom stereocenters. The Morgan fingerprint density at radius 2 is 2.25 bits per heavy atom. The van der Waals surface area contributed by atoms with Gasteiger partial charge in [0.25, 0.3) is 0 Å². The second-order valence-corrected chi connectivity index (χ2v) is 3.64. The number of nitrogens with one attached hydrogen (secondary N) is 1. The van der Waals surface area contributed by atoms with Crippen LogP contribution in [0.1, 0.15) is 26.7 Å². The minimum atomic E-state index is -0.170. The maximum Gasteiger partial charge on any atom is 0.331 e. The highest BCUT2D eigenvalue weighted by Crippen LogP contribution is 2.30. The number of amides is 2. The number of nitrogens with zero attached hydrogens (tertiary/aromatic N) is 1. The fraction of sp³-hybridized carbons (Fsp3) is 0.875. The predicted molar refractivity (Wildman–Crippen MR) is 47.3 cm³/mol. The van der Waals surface area contributed by atoms with E-state index in [0.717, 1.165) is 6.54 Å². The monoisotopic (exact) mass is 171 g/mol. The molecule has 12 heavy (non-hydrogen) atoms. The van der Waals surface area contributed by atoms with E-state index < -0.39 is 0 Å². The van der Waals surface area contributed by atoms with Crippen molar-refractivity contribution < 1.29 is 4.79 Å². The van der Waals surface area contributed by atoms with Crippen molar-refractivity contribution >= 4 is 6.03 Å². The maximum absolute atomic E-state index is 11.2. The zero-order valence-corrected chi connectivity index (χ0v) is 7.71. The normalized spacial score (nSPS) is 16.3. The fourth-order valence-electron chi connectivity index (χ4n) is 1.19. The molecule has 0 aromatic carbocycles. The lowest BCUT2D eigenvalue weighted by molar-refractivity contribution is 0.180. The average Bonchev–Trinajstić information content (AvgIpc) is 2.81. The molecule has 0 aromatic rings. The number of urea groups is 1. The summed E-state index contributed by atoms with van der Waals surface area (Å²) in [7, 11) is 0. The molecule has 0 saturated heterocycles. The third kappa shape index (κ3) is 2.37. The van der Waals surface area contributed by atoms with Crippen molar-refractivity contribution in [3.05, 3.63) is 0 Å². The van der Waals surface area contributed by atoms with E-state index in [9.17, 15) is 4.79 Å². The molecule has 4 heteroatoms. The first kappa shape index (κ1) is 9.32. The lowest BCUT2D eigenvalue weighted by atomic mass is 10.3. The lowest BCUT2D eigenvalue weighted by Gasteiger charge is -2.25. The third-order valence-corrected chi connectivity index (χ3v) is 2.16. The molecule has 4 nitrogen and oxygen atoms in total. The summed E-state index contributed by atoms with van der Waals surface area (Å²) in [5.41, 5.74) is 2.17. The first-order valence-corrected chi connectivity index (χ1v) is 4.42. The van der Waals surface area contributed by atoms with Crippen LogP contribution in [0.4, 0.5) is 4.79 Å². The summed E-state index contributed by atoms with van der Waals surface area (Å²) in [5.74, 6) is 5.78. The highest BCUT2D eigenvalue weighted by atomic mass is 16.2. The van der Waals surface area contributed by atoms with E-state index in [1.54, 1.807) is 4.90 Å². The van der Waals surface area contributed by atoms with E-state index in [1.807, 2.05) is 13.8 Å². The fourth-order valence-corrected chi connectivity index (χ4v) is 1.19. The van der Waals surface area contributed by atoms with Crippen molar-refractivity contribution in [2.24, 2.45) is 11.8 Å². The average molecular weight is 171 g/mol. The maximum atomic E-state index is 11.2. The molecule has 3 N–H and O–H groups in total. The third-order valence-electron chi connectivity index (χ3n) is 2.16. The quantitative estimate of drug-likeness (QED) is 0.373. The van der Waals surface area contributed by atoms with Crippen LogP contribution in [0.5, 0.6) is 0 Å². The van der Waals surface area contributed by atoms with Crippen LogP contribution in [0, 0.1) is 5.92 Å². The molecule has 0 bridgehead atoms. The van der Waals surface area contributed by atoms with Gasteiger partial charge in [0, 0.05) is 12.6 Å². The smallest absolute Gasteiger partial charge is 0.321 e. The summed E-state index contributed by atoms with van der Waals surface area (Å²) >= 11 is 0. The van der Waals surface area contributed by atoms with Crippen LogP contribution in [0.3, 0.4) is 0 Å². The largest absolute Gasteiger partial charge is 0.331 e. The summed E-state index contributed by atoms with van der Waals surface area (Å²) in [5, 5.41) is 0. The van der Waals surface area contributed by atoms with Gasteiger partial charge in [0.05, 0.1) is 0 Å². The highest BCUT2D eigenvalue weighted by molar-refractivity contribution is 5.73. The number of hydrogen-bond acceptors (Lipinski definition) is 2. The van der Waals surface area contributed by atoms with E-state index in [2.05, 4.69) is 5.43 Å². The number of nitrogens with two attached hydrogens (primary N) is 1. The van der Waals surface area contributed by atoms with Crippen LogP contribution in [-0.2, 0) is 0 Å². The number of hydrogen-bond donors (Lipinski definition) is 2. The van der Waals surface area contributed by atoms with Crippen molar-refractivity contribution in [3.8, 4) is 0 Å². The van der Waals surface area contributed by atoms with Gasteiger partial charge in [0.15, 0.2) is 0 Å². The van der Waals surface area contributed by atoms with Gasteiger partial charge in [-0.2, -0.15) is 0 Å². The van der Waals surface area contributed by atoms with Crippen molar-refractivity contribution in [2.75, 3.05) is 6.54 Å². The van der Waals surface area contributed by atoms with Crippen LogP contribution in [0.2, 0.25) is 0 Å². The van der Waals surface area contributed by atoms with Crippen LogP contribution < -0.4 is 11.3 Å². The van der Waals surface area contributed by atoms with E-state index in [-0.39, 0.29) is 12.1 Å². The predicted octanol–water partition coefficient (Wildman–Crippen LogP) is 0.690. The summed E-state index contributed by atoms with van der Waals surface area (Å²) in [4.78, 5) is 13.0. The van der Waals surface area contributed by atoms with E-state index in [4.69, 9.17) is 5.84 Å².